The highest BCUT2D eigenvalue weighted by atomic mass is 16.3. The lowest BCUT2D eigenvalue weighted by Crippen LogP contribution is -2.50. The molecular formula is C47H91NO4. The molecule has 0 aromatic carbocycles. The third kappa shape index (κ3) is 37.2. The van der Waals surface area contributed by atoms with Gasteiger partial charge in [-0.2, -0.15) is 0 Å². The Hall–Kier alpha value is -1.17. The van der Waals surface area contributed by atoms with Crippen LogP contribution in [0.5, 0.6) is 0 Å². The van der Waals surface area contributed by atoms with Crippen molar-refractivity contribution in [3.8, 4) is 0 Å². The van der Waals surface area contributed by atoms with Crippen molar-refractivity contribution in [1.82, 2.24) is 5.32 Å². The number of aliphatic hydroxyl groups excluding tert-OH is 3. The first-order valence-electron chi connectivity index (χ1n) is 23.1. The first kappa shape index (κ1) is 50.8. The lowest BCUT2D eigenvalue weighted by atomic mass is 10.0. The minimum absolute atomic E-state index is 0.155. The minimum Gasteiger partial charge on any atom is -0.394 e. The van der Waals surface area contributed by atoms with Gasteiger partial charge in [-0.3, -0.25) is 4.79 Å². The molecule has 3 atom stereocenters. The van der Waals surface area contributed by atoms with E-state index in [9.17, 15) is 20.1 Å². The summed E-state index contributed by atoms with van der Waals surface area (Å²) in [4.78, 5) is 12.4. The van der Waals surface area contributed by atoms with Crippen LogP contribution in [-0.2, 0) is 4.79 Å². The second kappa shape index (κ2) is 42.6. The van der Waals surface area contributed by atoms with Crippen LogP contribution >= 0.6 is 0 Å². The Labute approximate surface area is 324 Å². The molecule has 0 rings (SSSR count). The van der Waals surface area contributed by atoms with E-state index in [1.165, 1.54) is 173 Å². The fourth-order valence-electron chi connectivity index (χ4n) is 7.18. The molecule has 0 heterocycles. The van der Waals surface area contributed by atoms with E-state index in [-0.39, 0.29) is 12.5 Å². The van der Waals surface area contributed by atoms with Gasteiger partial charge in [0, 0.05) is 6.42 Å². The van der Waals surface area contributed by atoms with Crippen molar-refractivity contribution in [3.05, 3.63) is 24.3 Å². The highest BCUT2D eigenvalue weighted by Crippen LogP contribution is 2.16. The Morgan fingerprint density at radius 2 is 0.788 bits per heavy atom. The van der Waals surface area contributed by atoms with Crippen LogP contribution in [0.3, 0.4) is 0 Å². The molecule has 4 N–H and O–H groups in total. The van der Waals surface area contributed by atoms with Crippen LogP contribution in [0.1, 0.15) is 245 Å². The molecule has 0 aliphatic heterocycles. The number of amides is 1. The first-order valence-corrected chi connectivity index (χ1v) is 23.1. The van der Waals surface area contributed by atoms with Crippen molar-refractivity contribution in [2.24, 2.45) is 0 Å². The lowest BCUT2D eigenvalue weighted by Gasteiger charge is -2.26. The number of hydrogen-bond donors (Lipinski definition) is 4. The Kier molecular flexibility index (Phi) is 41.6. The Balaban J connectivity index is 3.66. The molecule has 3 unspecified atom stereocenters. The molecule has 0 bridgehead atoms. The van der Waals surface area contributed by atoms with Crippen LogP contribution in [0.25, 0.3) is 0 Å². The van der Waals surface area contributed by atoms with Gasteiger partial charge in [-0.05, 0) is 51.4 Å². The fourth-order valence-corrected chi connectivity index (χ4v) is 7.18. The molecule has 0 radical (unpaired) electrons. The molecule has 0 aliphatic carbocycles. The average molecular weight is 734 g/mol. The zero-order chi connectivity index (χ0) is 38.0. The van der Waals surface area contributed by atoms with Crippen molar-refractivity contribution in [2.45, 2.75) is 263 Å². The predicted octanol–water partition coefficient (Wildman–Crippen LogP) is 13.4. The molecule has 0 aliphatic rings. The Bertz CT molecular complexity index is 768. The molecule has 0 spiro atoms. The zero-order valence-corrected chi connectivity index (χ0v) is 35.0. The number of allylic oxidation sites excluding steroid dienone is 4. The maximum atomic E-state index is 12.4. The third-order valence-corrected chi connectivity index (χ3v) is 10.8. The maximum Gasteiger partial charge on any atom is 0.220 e. The molecule has 0 fully saturated rings. The first-order chi connectivity index (χ1) is 25.6. The minimum atomic E-state index is -1.16. The van der Waals surface area contributed by atoms with E-state index >= 15 is 0 Å². The van der Waals surface area contributed by atoms with Crippen molar-refractivity contribution in [2.75, 3.05) is 6.61 Å². The molecule has 0 saturated heterocycles. The smallest absolute Gasteiger partial charge is 0.220 e. The summed E-state index contributed by atoms with van der Waals surface area (Å²) >= 11 is 0. The maximum absolute atomic E-state index is 12.4. The molecular weight excluding hydrogens is 643 g/mol. The average Bonchev–Trinajstić information content (AvgIpc) is 3.15. The van der Waals surface area contributed by atoms with E-state index in [0.717, 1.165) is 44.9 Å². The van der Waals surface area contributed by atoms with Gasteiger partial charge in [0.1, 0.15) is 6.10 Å². The number of aliphatic hydroxyl groups is 3. The van der Waals surface area contributed by atoms with Crippen LogP contribution in [0, 0.1) is 0 Å². The van der Waals surface area contributed by atoms with Gasteiger partial charge in [-0.15, -0.1) is 0 Å². The van der Waals surface area contributed by atoms with E-state index in [1.54, 1.807) is 0 Å². The SMILES string of the molecule is CCCCCCCCCCCCC/C=C/CC/C=C/CCCC(O)C(O)C(CO)NC(=O)CCCCCCCCCCCCCCCCCCCC. The molecule has 0 aromatic rings. The highest BCUT2D eigenvalue weighted by molar-refractivity contribution is 5.76. The fraction of sp³-hybridized carbons (Fsp3) is 0.894. The van der Waals surface area contributed by atoms with Crippen molar-refractivity contribution < 1.29 is 20.1 Å². The standard InChI is InChI=1S/C47H91NO4/c1-3-5-7-9-11-13-15-17-19-21-23-24-25-27-29-31-33-35-37-39-41-45(50)47(52)44(43-49)48-46(51)42-40-38-36-34-32-30-28-26-22-20-18-16-14-12-10-8-6-4-2/h25,27,33,35,44-45,47,49-50,52H,3-24,26,28-32,34,36-43H2,1-2H3,(H,48,51)/b27-25+,35-33+. The largest absolute Gasteiger partial charge is 0.394 e. The number of rotatable bonds is 42. The van der Waals surface area contributed by atoms with Gasteiger partial charge in [0.05, 0.1) is 18.8 Å². The summed E-state index contributed by atoms with van der Waals surface area (Å²) in [7, 11) is 0. The monoisotopic (exact) mass is 734 g/mol. The molecule has 1 amide bonds. The summed E-state index contributed by atoms with van der Waals surface area (Å²) in [6, 6.07) is -0.828. The number of carbonyl (C=O) groups excluding carboxylic acids is 1. The second-order valence-corrected chi connectivity index (χ2v) is 16.0. The lowest BCUT2D eigenvalue weighted by molar-refractivity contribution is -0.124. The van der Waals surface area contributed by atoms with Gasteiger partial charge >= 0.3 is 0 Å². The molecule has 0 aromatic heterocycles. The van der Waals surface area contributed by atoms with Crippen LogP contribution in [0.2, 0.25) is 0 Å². The number of hydrogen-bond acceptors (Lipinski definition) is 4. The summed E-state index contributed by atoms with van der Waals surface area (Å²) in [5.74, 6) is -0.155. The van der Waals surface area contributed by atoms with Gasteiger partial charge in [-0.25, -0.2) is 0 Å². The molecule has 5 nitrogen and oxygen atoms in total. The summed E-state index contributed by atoms with van der Waals surface area (Å²) < 4.78 is 0. The summed E-state index contributed by atoms with van der Waals surface area (Å²) in [6.07, 6.45) is 51.5. The highest BCUT2D eigenvalue weighted by Gasteiger charge is 2.26. The van der Waals surface area contributed by atoms with Crippen molar-refractivity contribution >= 4 is 5.91 Å². The van der Waals surface area contributed by atoms with Crippen LogP contribution in [-0.4, -0.2) is 46.1 Å². The van der Waals surface area contributed by atoms with Crippen molar-refractivity contribution in [3.63, 3.8) is 0 Å². The molecule has 0 saturated carbocycles. The van der Waals surface area contributed by atoms with Crippen LogP contribution < -0.4 is 5.32 Å². The van der Waals surface area contributed by atoms with E-state index in [0.29, 0.717) is 12.8 Å². The molecule has 308 valence electrons. The summed E-state index contributed by atoms with van der Waals surface area (Å²) in [5, 5.41) is 33.5. The van der Waals surface area contributed by atoms with E-state index in [4.69, 9.17) is 0 Å². The predicted molar refractivity (Wildman–Crippen MR) is 227 cm³/mol. The topological polar surface area (TPSA) is 89.8 Å². The zero-order valence-electron chi connectivity index (χ0n) is 35.0. The second-order valence-electron chi connectivity index (χ2n) is 16.0. The van der Waals surface area contributed by atoms with Crippen LogP contribution in [0.4, 0.5) is 0 Å². The van der Waals surface area contributed by atoms with E-state index in [2.05, 4.69) is 43.5 Å². The van der Waals surface area contributed by atoms with Gasteiger partial charge in [0.15, 0.2) is 0 Å². The van der Waals surface area contributed by atoms with Crippen molar-refractivity contribution in [1.29, 1.82) is 0 Å². The van der Waals surface area contributed by atoms with E-state index in [1.807, 2.05) is 0 Å². The summed E-state index contributed by atoms with van der Waals surface area (Å²) in [5.41, 5.74) is 0. The molecule has 52 heavy (non-hydrogen) atoms. The number of unbranched alkanes of at least 4 members (excludes halogenated alkanes) is 30. The normalized spacial score (nSPS) is 13.7. The van der Waals surface area contributed by atoms with Crippen LogP contribution in [0.15, 0.2) is 24.3 Å². The Morgan fingerprint density at radius 1 is 0.462 bits per heavy atom. The van der Waals surface area contributed by atoms with Gasteiger partial charge in [-0.1, -0.05) is 212 Å². The number of carbonyl (C=O) groups is 1. The quantitative estimate of drug-likeness (QED) is 0.0371. The Morgan fingerprint density at radius 3 is 1.17 bits per heavy atom. The summed E-state index contributed by atoms with van der Waals surface area (Å²) in [6.45, 7) is 4.18. The van der Waals surface area contributed by atoms with E-state index < -0.39 is 18.2 Å². The van der Waals surface area contributed by atoms with Gasteiger partial charge < -0.3 is 20.6 Å². The third-order valence-electron chi connectivity index (χ3n) is 10.8. The number of nitrogens with one attached hydrogen (secondary N) is 1. The van der Waals surface area contributed by atoms with Gasteiger partial charge in [0.25, 0.3) is 0 Å². The van der Waals surface area contributed by atoms with Gasteiger partial charge in [0.2, 0.25) is 5.91 Å². The molecule has 5 heteroatoms.